The fourth-order valence-corrected chi connectivity index (χ4v) is 7.72. The van der Waals surface area contributed by atoms with Crippen LogP contribution in [0.1, 0.15) is 32.1 Å². The number of carbonyl (C=O) groups excluding carboxylic acids is 2. The van der Waals surface area contributed by atoms with Gasteiger partial charge in [-0.05, 0) is 72.8 Å². The molecular weight excluding hydrogens is 968 g/mol. The highest BCUT2D eigenvalue weighted by molar-refractivity contribution is 8.13. The highest BCUT2D eigenvalue weighted by Gasteiger charge is 2.23. The van der Waals surface area contributed by atoms with Crippen LogP contribution in [0, 0.1) is 0 Å². The van der Waals surface area contributed by atoms with E-state index in [1.165, 1.54) is 67.0 Å². The Hall–Kier alpha value is -3.37. The van der Waals surface area contributed by atoms with Gasteiger partial charge in [-0.1, -0.05) is 117 Å². The molecule has 0 spiro atoms. The van der Waals surface area contributed by atoms with Crippen LogP contribution in [0.2, 0.25) is 40.2 Å². The van der Waals surface area contributed by atoms with E-state index in [4.69, 9.17) is 109 Å². The molecule has 0 radical (unpaired) electrons. The molecule has 0 fully saturated rings. The number of ketones is 2. The molecule has 0 saturated heterocycles. The lowest BCUT2D eigenvalue weighted by Crippen LogP contribution is -2.17. The van der Waals surface area contributed by atoms with Crippen molar-refractivity contribution in [2.45, 2.75) is 9.79 Å². The zero-order chi connectivity index (χ0) is 42.2. The quantitative estimate of drug-likeness (QED) is 0.111. The summed E-state index contributed by atoms with van der Waals surface area (Å²) in [7, 11) is -2.75. The monoisotopic (exact) mass is 984 g/mol. The minimum Gasteiger partial charge on any atom is -0.397 e. The van der Waals surface area contributed by atoms with Crippen LogP contribution in [0.5, 0.6) is 0 Å². The van der Waals surface area contributed by atoms with Crippen molar-refractivity contribution in [1.29, 1.82) is 0 Å². The molecule has 6 rings (SSSR count). The maximum Gasteiger partial charge on any atom is 0.262 e. The first-order valence-electron chi connectivity index (χ1n) is 15.2. The lowest BCUT2D eigenvalue weighted by Gasteiger charge is -2.13. The molecule has 0 amide bonds. The Balaban J connectivity index is 0.000000210. The van der Waals surface area contributed by atoms with Crippen LogP contribution in [0.15, 0.2) is 119 Å². The van der Waals surface area contributed by atoms with Crippen molar-refractivity contribution < 1.29 is 26.4 Å². The molecular formula is C36H21Cl9N4O6S2. The summed E-state index contributed by atoms with van der Waals surface area (Å²) in [4.78, 5) is 32.7. The minimum absolute atomic E-state index is 0.0569. The first-order valence-corrected chi connectivity index (χ1v) is 22.0. The summed E-state index contributed by atoms with van der Waals surface area (Å²) in [6, 6.07) is 23.6. The predicted octanol–water partition coefficient (Wildman–Crippen LogP) is 11.8. The van der Waals surface area contributed by atoms with E-state index in [9.17, 15) is 26.4 Å². The van der Waals surface area contributed by atoms with Gasteiger partial charge in [0.2, 0.25) is 11.6 Å². The first kappa shape index (κ1) is 46.3. The second-order valence-corrected chi connectivity index (χ2v) is 18.5. The van der Waals surface area contributed by atoms with Gasteiger partial charge in [0.15, 0.2) is 0 Å². The molecule has 6 aromatic rings. The van der Waals surface area contributed by atoms with Gasteiger partial charge in [-0.15, -0.1) is 0 Å². The third-order valence-electron chi connectivity index (χ3n) is 7.02. The van der Waals surface area contributed by atoms with Crippen LogP contribution in [-0.4, -0.2) is 38.4 Å². The highest BCUT2D eigenvalue weighted by Crippen LogP contribution is 2.30. The van der Waals surface area contributed by atoms with Crippen molar-refractivity contribution in [3.05, 3.63) is 172 Å². The van der Waals surface area contributed by atoms with E-state index in [1.54, 1.807) is 42.5 Å². The second-order valence-electron chi connectivity index (χ2n) is 11.0. The van der Waals surface area contributed by atoms with Gasteiger partial charge in [0.1, 0.15) is 11.4 Å². The molecule has 0 aliphatic heterocycles. The van der Waals surface area contributed by atoms with Gasteiger partial charge in [0.25, 0.3) is 19.1 Å². The number of benzene rings is 4. The highest BCUT2D eigenvalue weighted by atomic mass is 35.7. The molecule has 2 heterocycles. The van der Waals surface area contributed by atoms with Crippen LogP contribution in [-0.2, 0) is 19.1 Å². The van der Waals surface area contributed by atoms with Crippen molar-refractivity contribution in [2.75, 3.05) is 10.5 Å². The molecule has 57 heavy (non-hydrogen) atoms. The molecule has 296 valence electrons. The van der Waals surface area contributed by atoms with E-state index < -0.39 is 24.9 Å². The van der Waals surface area contributed by atoms with E-state index in [0.717, 1.165) is 0 Å². The van der Waals surface area contributed by atoms with E-state index in [-0.39, 0.29) is 69.0 Å². The normalized spacial score (nSPS) is 11.0. The number of nitrogens with zero attached hydrogens (tertiary/aromatic N) is 2. The molecule has 0 aliphatic carbocycles. The number of hydrogen-bond donors (Lipinski definition) is 2. The largest absolute Gasteiger partial charge is 0.397 e. The standard InChI is InChI=1S/C18H10Cl4N2O3S.C12H8Cl2N2O.C6H3Cl3O2S/c19-10-7-16(24-28(26,27)11-5-6-14(21)15(22)8-11)17(23-9-10)18(25)12-3-1-2-4-13(12)20;13-7-5-10(15)11(16-6-7)12(17)8-3-1-2-4-9(8)14;7-5-2-1-4(3-6(5)8)12(9,10)11/h1-9,24H;1-6H,15H2;1-3H. The smallest absolute Gasteiger partial charge is 0.262 e. The van der Waals surface area contributed by atoms with Gasteiger partial charge in [-0.25, -0.2) is 26.8 Å². The summed E-state index contributed by atoms with van der Waals surface area (Å²) in [6.45, 7) is 0. The lowest BCUT2D eigenvalue weighted by molar-refractivity contribution is 0.102. The molecule has 3 N–H and O–H groups in total. The van der Waals surface area contributed by atoms with Crippen LogP contribution in [0.25, 0.3) is 0 Å². The zero-order valence-electron chi connectivity index (χ0n) is 28.0. The number of hydrogen-bond acceptors (Lipinski definition) is 9. The summed E-state index contributed by atoms with van der Waals surface area (Å²) in [6.07, 6.45) is 2.62. The fraction of sp³-hybridized carbons (Fsp3) is 0. The number of aromatic nitrogens is 2. The zero-order valence-corrected chi connectivity index (χ0v) is 36.5. The molecule has 0 atom stereocenters. The Morgan fingerprint density at radius 2 is 0.965 bits per heavy atom. The Kier molecular flexibility index (Phi) is 16.3. The average Bonchev–Trinajstić information content (AvgIpc) is 3.14. The summed E-state index contributed by atoms with van der Waals surface area (Å²) >= 11 is 46.5. The maximum absolute atomic E-state index is 12.9. The van der Waals surface area contributed by atoms with Crippen molar-refractivity contribution in [1.82, 2.24) is 9.97 Å². The number of carbonyl (C=O) groups is 2. The SMILES string of the molecule is Nc1cc(Cl)cnc1C(=O)c1ccccc1Cl.O=C(c1ccccc1Cl)c1ncc(Cl)cc1NS(=O)(=O)c1ccc(Cl)c(Cl)c1.O=S(=O)(Cl)c1ccc(Cl)c(Cl)c1. The van der Waals surface area contributed by atoms with Crippen molar-refractivity contribution in [2.24, 2.45) is 0 Å². The Bertz CT molecular complexity index is 2720. The molecule has 10 nitrogen and oxygen atoms in total. The topological polar surface area (TPSA) is 166 Å². The molecule has 2 aromatic heterocycles. The van der Waals surface area contributed by atoms with Crippen molar-refractivity contribution >= 4 is 146 Å². The maximum atomic E-state index is 12.9. The van der Waals surface area contributed by atoms with Crippen LogP contribution < -0.4 is 10.5 Å². The summed E-state index contributed by atoms with van der Waals surface area (Å²) in [5, 5.41) is 1.84. The molecule has 21 heteroatoms. The minimum atomic E-state index is -4.09. The Labute approximate surface area is 371 Å². The lowest BCUT2D eigenvalue weighted by atomic mass is 10.1. The summed E-state index contributed by atoms with van der Waals surface area (Å²) < 4.78 is 49.3. The molecule has 0 unspecified atom stereocenters. The number of sulfonamides is 1. The molecule has 0 aliphatic rings. The number of nitrogen functional groups attached to an aromatic ring is 1. The van der Waals surface area contributed by atoms with Gasteiger partial charge in [0.05, 0.1) is 61.3 Å². The first-order chi connectivity index (χ1) is 26.7. The number of halogens is 9. The van der Waals surface area contributed by atoms with Gasteiger partial charge < -0.3 is 5.73 Å². The Morgan fingerprint density at radius 3 is 1.44 bits per heavy atom. The predicted molar refractivity (Wildman–Crippen MR) is 229 cm³/mol. The van der Waals surface area contributed by atoms with Crippen molar-refractivity contribution in [3.8, 4) is 0 Å². The number of nitrogens with two attached hydrogens (primary N) is 1. The molecule has 0 saturated carbocycles. The van der Waals surface area contributed by atoms with Gasteiger partial charge in [0, 0.05) is 34.2 Å². The van der Waals surface area contributed by atoms with Crippen LogP contribution >= 0.6 is 103 Å². The summed E-state index contributed by atoms with van der Waals surface area (Å²) in [5.74, 6) is -0.876. The van der Waals surface area contributed by atoms with Crippen LogP contribution in [0.4, 0.5) is 11.4 Å². The van der Waals surface area contributed by atoms with E-state index in [1.807, 2.05) is 0 Å². The summed E-state index contributed by atoms with van der Waals surface area (Å²) in [5.41, 5.74) is 6.39. The van der Waals surface area contributed by atoms with Crippen LogP contribution in [0.3, 0.4) is 0 Å². The number of rotatable bonds is 8. The van der Waals surface area contributed by atoms with Gasteiger partial charge >= 0.3 is 0 Å². The van der Waals surface area contributed by atoms with Crippen molar-refractivity contribution in [3.63, 3.8) is 0 Å². The third kappa shape index (κ3) is 12.6. The molecule has 4 aromatic carbocycles. The number of anilines is 2. The van der Waals surface area contributed by atoms with E-state index in [2.05, 4.69) is 14.7 Å². The third-order valence-corrected chi connectivity index (χ3v) is 12.3. The second kappa shape index (κ2) is 20.1. The fourth-order valence-electron chi connectivity index (χ4n) is 4.36. The van der Waals surface area contributed by atoms with Gasteiger partial charge in [-0.2, -0.15) is 0 Å². The Morgan fingerprint density at radius 1 is 0.526 bits per heavy atom. The van der Waals surface area contributed by atoms with Gasteiger partial charge in [-0.3, -0.25) is 14.3 Å². The average molecular weight is 989 g/mol. The van der Waals surface area contributed by atoms with E-state index >= 15 is 0 Å². The number of nitrogens with one attached hydrogen (secondary N) is 1. The number of pyridine rings is 2. The van der Waals surface area contributed by atoms with E-state index in [0.29, 0.717) is 20.6 Å². The molecule has 0 bridgehead atoms.